The van der Waals surface area contributed by atoms with Crippen molar-refractivity contribution in [2.24, 2.45) is 4.99 Å². The van der Waals surface area contributed by atoms with Crippen LogP contribution in [0.3, 0.4) is 0 Å². The first-order valence-corrected chi connectivity index (χ1v) is 9.17. The summed E-state index contributed by atoms with van der Waals surface area (Å²) in [5, 5.41) is 6.30. The minimum absolute atomic E-state index is 0.00828. The van der Waals surface area contributed by atoms with Crippen LogP contribution in [0, 0.1) is 6.92 Å². The molecule has 0 aliphatic carbocycles. The van der Waals surface area contributed by atoms with Crippen molar-refractivity contribution in [1.82, 2.24) is 10.6 Å². The lowest BCUT2D eigenvalue weighted by molar-refractivity contribution is 0.154. The molecular formula is C14H25N3O4S. The van der Waals surface area contributed by atoms with Gasteiger partial charge >= 0.3 is 0 Å². The Morgan fingerprint density at radius 2 is 2.14 bits per heavy atom. The first-order valence-electron chi connectivity index (χ1n) is 7.11. The van der Waals surface area contributed by atoms with E-state index in [-0.39, 0.29) is 18.4 Å². The molecule has 1 unspecified atom stereocenters. The molecule has 0 spiro atoms. The van der Waals surface area contributed by atoms with Crippen LogP contribution < -0.4 is 10.6 Å². The van der Waals surface area contributed by atoms with Gasteiger partial charge in [-0.1, -0.05) is 0 Å². The number of hydrogen-bond acceptors (Lipinski definition) is 5. The van der Waals surface area contributed by atoms with Crippen LogP contribution in [-0.4, -0.2) is 53.2 Å². The van der Waals surface area contributed by atoms with Crippen molar-refractivity contribution in [3.8, 4) is 0 Å². The smallest absolute Gasteiger partial charge is 0.191 e. The Bertz CT molecular complexity index is 581. The molecule has 0 aliphatic heterocycles. The van der Waals surface area contributed by atoms with E-state index in [0.717, 1.165) is 11.5 Å². The zero-order chi connectivity index (χ0) is 16.6. The molecule has 0 aliphatic rings. The van der Waals surface area contributed by atoms with Crippen molar-refractivity contribution in [3.05, 3.63) is 23.7 Å². The summed E-state index contributed by atoms with van der Waals surface area (Å²) >= 11 is 0. The fraction of sp³-hybridized carbons (Fsp3) is 0.643. The average Bonchev–Trinajstić information content (AvgIpc) is 2.86. The Labute approximate surface area is 132 Å². The maximum absolute atomic E-state index is 10.9. The highest BCUT2D eigenvalue weighted by molar-refractivity contribution is 7.90. The number of nitrogens with one attached hydrogen (secondary N) is 2. The van der Waals surface area contributed by atoms with Crippen LogP contribution in [0.2, 0.25) is 0 Å². The van der Waals surface area contributed by atoms with Gasteiger partial charge in [-0.25, -0.2) is 8.42 Å². The van der Waals surface area contributed by atoms with E-state index >= 15 is 0 Å². The standard InChI is InChI=1S/C14H25N3O4S/c1-11-5-6-13(21-11)12(2)17-14(15-3)16-7-8-20-9-10-22(4,18)19/h5-6,12H,7-10H2,1-4H3,(H2,15,16,17). The molecule has 0 amide bonds. The summed E-state index contributed by atoms with van der Waals surface area (Å²) in [6, 6.07) is 3.83. The van der Waals surface area contributed by atoms with E-state index in [1.165, 1.54) is 6.26 Å². The van der Waals surface area contributed by atoms with Gasteiger partial charge in [-0.15, -0.1) is 0 Å². The van der Waals surface area contributed by atoms with Crippen LogP contribution in [0.4, 0.5) is 0 Å². The summed E-state index contributed by atoms with van der Waals surface area (Å²) in [6.45, 7) is 5.03. The zero-order valence-electron chi connectivity index (χ0n) is 13.5. The number of nitrogens with zero attached hydrogens (tertiary/aromatic N) is 1. The molecule has 22 heavy (non-hydrogen) atoms. The van der Waals surface area contributed by atoms with Crippen molar-refractivity contribution in [2.45, 2.75) is 19.9 Å². The quantitative estimate of drug-likeness (QED) is 0.417. The highest BCUT2D eigenvalue weighted by Crippen LogP contribution is 2.15. The molecule has 1 atom stereocenters. The normalized spacial score (nSPS) is 13.9. The van der Waals surface area contributed by atoms with Crippen LogP contribution in [-0.2, 0) is 14.6 Å². The van der Waals surface area contributed by atoms with Crippen LogP contribution >= 0.6 is 0 Å². The molecule has 0 fully saturated rings. The maximum atomic E-state index is 10.9. The lowest BCUT2D eigenvalue weighted by Gasteiger charge is -2.16. The minimum atomic E-state index is -2.97. The average molecular weight is 331 g/mol. The zero-order valence-corrected chi connectivity index (χ0v) is 14.4. The number of ether oxygens (including phenoxy) is 1. The number of aryl methyl sites for hydroxylation is 1. The van der Waals surface area contributed by atoms with Gasteiger partial charge in [0.2, 0.25) is 0 Å². The Kier molecular flexibility index (Phi) is 7.40. The molecule has 126 valence electrons. The van der Waals surface area contributed by atoms with Crippen molar-refractivity contribution < 1.29 is 17.6 Å². The molecule has 7 nitrogen and oxygen atoms in total. The van der Waals surface area contributed by atoms with Crippen LogP contribution in [0.15, 0.2) is 21.5 Å². The second-order valence-corrected chi connectivity index (χ2v) is 7.32. The molecule has 0 saturated carbocycles. The maximum Gasteiger partial charge on any atom is 0.191 e. The lowest BCUT2D eigenvalue weighted by Crippen LogP contribution is -2.40. The van der Waals surface area contributed by atoms with Crippen molar-refractivity contribution in [1.29, 1.82) is 0 Å². The molecule has 1 heterocycles. The van der Waals surface area contributed by atoms with Crippen molar-refractivity contribution in [3.63, 3.8) is 0 Å². The molecule has 0 bridgehead atoms. The van der Waals surface area contributed by atoms with Gasteiger partial charge in [-0.05, 0) is 26.0 Å². The highest BCUT2D eigenvalue weighted by atomic mass is 32.2. The number of aliphatic imine (C=N–C) groups is 1. The van der Waals surface area contributed by atoms with Gasteiger partial charge in [0.05, 0.1) is 25.0 Å². The third kappa shape index (κ3) is 7.46. The fourth-order valence-corrected chi connectivity index (χ4v) is 2.13. The van der Waals surface area contributed by atoms with E-state index in [9.17, 15) is 8.42 Å². The molecule has 1 aromatic rings. The van der Waals surface area contributed by atoms with E-state index in [1.54, 1.807) is 7.05 Å². The summed E-state index contributed by atoms with van der Waals surface area (Å²) in [7, 11) is -1.29. The second-order valence-electron chi connectivity index (χ2n) is 5.06. The third-order valence-electron chi connectivity index (χ3n) is 2.90. The summed E-state index contributed by atoms with van der Waals surface area (Å²) < 4.78 is 32.7. The predicted molar refractivity (Wildman–Crippen MR) is 86.9 cm³/mol. The van der Waals surface area contributed by atoms with Gasteiger partial charge in [0, 0.05) is 19.8 Å². The van der Waals surface area contributed by atoms with Crippen LogP contribution in [0.25, 0.3) is 0 Å². The van der Waals surface area contributed by atoms with Gasteiger partial charge in [-0.2, -0.15) is 0 Å². The highest BCUT2D eigenvalue weighted by Gasteiger charge is 2.11. The third-order valence-corrected chi connectivity index (χ3v) is 3.81. The number of hydrogen-bond donors (Lipinski definition) is 2. The van der Waals surface area contributed by atoms with E-state index in [1.807, 2.05) is 26.0 Å². The Morgan fingerprint density at radius 1 is 1.41 bits per heavy atom. The SMILES string of the molecule is CN=C(NCCOCCS(C)(=O)=O)NC(C)c1ccc(C)o1. The van der Waals surface area contributed by atoms with Gasteiger partial charge in [0.1, 0.15) is 21.4 Å². The van der Waals surface area contributed by atoms with E-state index < -0.39 is 9.84 Å². The van der Waals surface area contributed by atoms with Crippen molar-refractivity contribution in [2.75, 3.05) is 38.8 Å². The topological polar surface area (TPSA) is 92.9 Å². The number of guanidine groups is 1. The monoisotopic (exact) mass is 331 g/mol. The first kappa shape index (κ1) is 18.5. The Hall–Kier alpha value is -1.54. The fourth-order valence-electron chi connectivity index (χ4n) is 1.71. The van der Waals surface area contributed by atoms with E-state index in [4.69, 9.17) is 9.15 Å². The second kappa shape index (κ2) is 8.79. The molecule has 1 aromatic heterocycles. The molecule has 8 heteroatoms. The molecule has 0 aromatic carbocycles. The Morgan fingerprint density at radius 3 is 2.68 bits per heavy atom. The Balaban J connectivity index is 2.25. The number of furan rings is 1. The van der Waals surface area contributed by atoms with Gasteiger partial charge < -0.3 is 19.8 Å². The van der Waals surface area contributed by atoms with Gasteiger partial charge in [0.15, 0.2) is 5.96 Å². The van der Waals surface area contributed by atoms with E-state index in [2.05, 4.69) is 15.6 Å². The lowest BCUT2D eigenvalue weighted by atomic mass is 10.2. The van der Waals surface area contributed by atoms with Gasteiger partial charge in [0.25, 0.3) is 0 Å². The van der Waals surface area contributed by atoms with Crippen LogP contribution in [0.1, 0.15) is 24.5 Å². The van der Waals surface area contributed by atoms with Crippen LogP contribution in [0.5, 0.6) is 0 Å². The van der Waals surface area contributed by atoms with Crippen molar-refractivity contribution >= 4 is 15.8 Å². The molecular weight excluding hydrogens is 306 g/mol. The van der Waals surface area contributed by atoms with Gasteiger partial charge in [-0.3, -0.25) is 4.99 Å². The van der Waals surface area contributed by atoms with E-state index in [0.29, 0.717) is 19.1 Å². The molecule has 0 radical (unpaired) electrons. The summed E-state index contributed by atoms with van der Waals surface area (Å²) in [5.74, 6) is 2.37. The summed E-state index contributed by atoms with van der Waals surface area (Å²) in [4.78, 5) is 4.12. The summed E-state index contributed by atoms with van der Waals surface area (Å²) in [6.07, 6.45) is 1.19. The molecule has 1 rings (SSSR count). The molecule has 0 saturated heterocycles. The summed E-state index contributed by atoms with van der Waals surface area (Å²) in [5.41, 5.74) is 0. The predicted octanol–water partition coefficient (Wildman–Crippen LogP) is 0.875. The minimum Gasteiger partial charge on any atom is -0.464 e. The largest absolute Gasteiger partial charge is 0.464 e. The number of sulfone groups is 1. The molecule has 2 N–H and O–H groups in total. The first-order chi connectivity index (χ1) is 10.3. The number of rotatable bonds is 8.